The molecule has 1 aromatic rings. The number of alkyl halides is 3. The van der Waals surface area contributed by atoms with Gasteiger partial charge in [0.1, 0.15) is 17.4 Å². The summed E-state index contributed by atoms with van der Waals surface area (Å²) in [6, 6.07) is 2.13. The maximum absolute atomic E-state index is 12.8. The van der Waals surface area contributed by atoms with Crippen molar-refractivity contribution < 1.29 is 17.6 Å². The Bertz CT molecular complexity index is 382. The molecule has 0 aliphatic rings. The SMILES string of the molecule is N#Cc1c(F)cc(C(F)(F)F)cc1Cl. The normalized spacial score (nSPS) is 11.1. The highest BCUT2D eigenvalue weighted by atomic mass is 35.5. The van der Waals surface area contributed by atoms with Crippen LogP contribution in [0.2, 0.25) is 5.02 Å². The van der Waals surface area contributed by atoms with E-state index in [-0.39, 0.29) is 6.07 Å². The number of nitrogens with zero attached hydrogens (tertiary/aromatic N) is 1. The Morgan fingerprint density at radius 2 is 1.86 bits per heavy atom. The number of hydrogen-bond donors (Lipinski definition) is 0. The highest BCUT2D eigenvalue weighted by Crippen LogP contribution is 2.33. The van der Waals surface area contributed by atoms with Crippen LogP contribution in [0, 0.1) is 17.1 Å². The van der Waals surface area contributed by atoms with Gasteiger partial charge in [-0.1, -0.05) is 11.6 Å². The maximum Gasteiger partial charge on any atom is 0.416 e. The smallest absolute Gasteiger partial charge is 0.205 e. The molecule has 0 saturated heterocycles. The molecule has 0 atom stereocenters. The standard InChI is InChI=1S/C8H2ClF4N/c9-6-1-4(8(11,12)13)2-7(10)5(6)3-14/h1-2H. The molecule has 1 aromatic carbocycles. The zero-order chi connectivity index (χ0) is 10.9. The van der Waals surface area contributed by atoms with Gasteiger partial charge >= 0.3 is 6.18 Å². The Morgan fingerprint density at radius 3 is 2.21 bits per heavy atom. The monoisotopic (exact) mass is 223 g/mol. The Balaban J connectivity index is 3.37. The van der Waals surface area contributed by atoms with E-state index in [2.05, 4.69) is 0 Å². The predicted molar refractivity (Wildman–Crippen MR) is 41.1 cm³/mol. The molecule has 0 bridgehead atoms. The summed E-state index contributed by atoms with van der Waals surface area (Å²) in [6.07, 6.45) is -4.67. The Morgan fingerprint density at radius 1 is 1.29 bits per heavy atom. The van der Waals surface area contributed by atoms with Gasteiger partial charge in [-0.15, -0.1) is 0 Å². The van der Waals surface area contributed by atoms with Crippen LogP contribution in [0.1, 0.15) is 11.1 Å². The third kappa shape index (κ3) is 1.96. The molecule has 0 N–H and O–H groups in total. The summed E-state index contributed by atoms with van der Waals surface area (Å²) in [6.45, 7) is 0. The molecule has 0 aliphatic carbocycles. The molecule has 1 rings (SSSR count). The van der Waals surface area contributed by atoms with Crippen molar-refractivity contribution >= 4 is 11.6 Å². The second-order valence-corrected chi connectivity index (χ2v) is 2.83. The lowest BCUT2D eigenvalue weighted by Gasteiger charge is -2.07. The van der Waals surface area contributed by atoms with Crippen molar-refractivity contribution in [1.82, 2.24) is 0 Å². The summed E-state index contributed by atoms with van der Waals surface area (Å²) in [4.78, 5) is 0. The first-order valence-electron chi connectivity index (χ1n) is 3.32. The molecule has 74 valence electrons. The van der Waals surface area contributed by atoms with Crippen molar-refractivity contribution in [2.45, 2.75) is 6.18 Å². The van der Waals surface area contributed by atoms with Crippen LogP contribution in [0.15, 0.2) is 12.1 Å². The van der Waals surface area contributed by atoms with Gasteiger partial charge in [0.15, 0.2) is 0 Å². The fourth-order valence-electron chi connectivity index (χ4n) is 0.844. The van der Waals surface area contributed by atoms with E-state index in [1.54, 1.807) is 0 Å². The van der Waals surface area contributed by atoms with E-state index < -0.39 is 28.1 Å². The molecule has 1 nitrogen and oxygen atoms in total. The van der Waals surface area contributed by atoms with Gasteiger partial charge in [-0.25, -0.2) is 4.39 Å². The minimum Gasteiger partial charge on any atom is -0.205 e. The molecule has 0 fully saturated rings. The van der Waals surface area contributed by atoms with Gasteiger partial charge in [-0.05, 0) is 12.1 Å². The van der Waals surface area contributed by atoms with Crippen LogP contribution in [-0.4, -0.2) is 0 Å². The van der Waals surface area contributed by atoms with E-state index in [4.69, 9.17) is 16.9 Å². The Kier molecular flexibility index (Phi) is 2.67. The highest BCUT2D eigenvalue weighted by molar-refractivity contribution is 6.31. The summed E-state index contributed by atoms with van der Waals surface area (Å²) in [5, 5.41) is 7.80. The Hall–Kier alpha value is -1.28. The summed E-state index contributed by atoms with van der Waals surface area (Å²) in [5.74, 6) is -1.27. The van der Waals surface area contributed by atoms with E-state index in [0.29, 0.717) is 6.07 Å². The van der Waals surface area contributed by atoms with Gasteiger partial charge in [-0.2, -0.15) is 18.4 Å². The first kappa shape index (κ1) is 10.8. The average Bonchev–Trinajstić information content (AvgIpc) is 2.01. The number of benzene rings is 1. The minimum absolute atomic E-state index is 0.241. The Labute approximate surface area is 81.5 Å². The molecular formula is C8H2ClF4N. The molecule has 0 spiro atoms. The van der Waals surface area contributed by atoms with Gasteiger partial charge in [0.25, 0.3) is 0 Å². The fraction of sp³-hybridized carbons (Fsp3) is 0.125. The second kappa shape index (κ2) is 3.46. The predicted octanol–water partition coefficient (Wildman–Crippen LogP) is 3.37. The van der Waals surface area contributed by atoms with E-state index in [1.807, 2.05) is 0 Å². The van der Waals surface area contributed by atoms with E-state index in [1.165, 1.54) is 6.07 Å². The summed E-state index contributed by atoms with van der Waals surface area (Å²) < 4.78 is 49.1. The van der Waals surface area contributed by atoms with Gasteiger partial charge in [0.2, 0.25) is 0 Å². The molecule has 0 aliphatic heterocycles. The number of hydrogen-bond acceptors (Lipinski definition) is 1. The van der Waals surface area contributed by atoms with Crippen molar-refractivity contribution in [2.75, 3.05) is 0 Å². The van der Waals surface area contributed by atoms with E-state index in [0.717, 1.165) is 0 Å². The van der Waals surface area contributed by atoms with Gasteiger partial charge in [0.05, 0.1) is 10.6 Å². The molecule has 0 aromatic heterocycles. The van der Waals surface area contributed by atoms with Gasteiger partial charge in [-0.3, -0.25) is 0 Å². The number of nitriles is 1. The molecule has 0 heterocycles. The molecule has 0 saturated carbocycles. The second-order valence-electron chi connectivity index (χ2n) is 2.42. The number of rotatable bonds is 0. The quantitative estimate of drug-likeness (QED) is 0.619. The van der Waals surface area contributed by atoms with Crippen molar-refractivity contribution in [1.29, 1.82) is 5.26 Å². The van der Waals surface area contributed by atoms with Crippen molar-refractivity contribution in [3.63, 3.8) is 0 Å². The van der Waals surface area contributed by atoms with Crippen LogP contribution in [0.5, 0.6) is 0 Å². The molecule has 14 heavy (non-hydrogen) atoms. The summed E-state index contributed by atoms with van der Waals surface area (Å²) in [5.41, 5.74) is -1.79. The first-order valence-corrected chi connectivity index (χ1v) is 3.70. The van der Waals surface area contributed by atoms with Crippen LogP contribution < -0.4 is 0 Å². The van der Waals surface area contributed by atoms with Crippen LogP contribution in [0.25, 0.3) is 0 Å². The lowest BCUT2D eigenvalue weighted by molar-refractivity contribution is -0.137. The van der Waals surface area contributed by atoms with Crippen molar-refractivity contribution in [2.24, 2.45) is 0 Å². The van der Waals surface area contributed by atoms with Gasteiger partial charge < -0.3 is 0 Å². The molecule has 6 heteroatoms. The van der Waals surface area contributed by atoms with Crippen molar-refractivity contribution in [3.8, 4) is 6.07 Å². The fourth-order valence-corrected chi connectivity index (χ4v) is 1.09. The zero-order valence-corrected chi connectivity index (χ0v) is 7.25. The van der Waals surface area contributed by atoms with E-state index >= 15 is 0 Å². The lowest BCUT2D eigenvalue weighted by atomic mass is 10.1. The van der Waals surface area contributed by atoms with Crippen molar-refractivity contribution in [3.05, 3.63) is 34.1 Å². The van der Waals surface area contributed by atoms with Crippen LogP contribution in [-0.2, 0) is 6.18 Å². The van der Waals surface area contributed by atoms with Gasteiger partial charge in [0, 0.05) is 0 Å². The van der Waals surface area contributed by atoms with Crippen LogP contribution in [0.4, 0.5) is 17.6 Å². The topological polar surface area (TPSA) is 23.8 Å². The number of halogens is 5. The average molecular weight is 224 g/mol. The highest BCUT2D eigenvalue weighted by Gasteiger charge is 2.32. The third-order valence-electron chi connectivity index (χ3n) is 1.48. The first-order chi connectivity index (χ1) is 6.36. The van der Waals surface area contributed by atoms with E-state index in [9.17, 15) is 17.6 Å². The lowest BCUT2D eigenvalue weighted by Crippen LogP contribution is -2.06. The largest absolute Gasteiger partial charge is 0.416 e. The molecular weight excluding hydrogens is 222 g/mol. The molecule has 0 radical (unpaired) electrons. The zero-order valence-electron chi connectivity index (χ0n) is 6.49. The summed E-state index contributed by atoms with van der Waals surface area (Å²) in [7, 11) is 0. The van der Waals surface area contributed by atoms with Crippen LogP contribution in [0.3, 0.4) is 0 Å². The third-order valence-corrected chi connectivity index (χ3v) is 1.78. The minimum atomic E-state index is -4.67. The maximum atomic E-state index is 12.8. The van der Waals surface area contributed by atoms with Crippen LogP contribution >= 0.6 is 11.6 Å². The summed E-state index contributed by atoms with van der Waals surface area (Å²) >= 11 is 5.28. The molecule has 0 amide bonds. The molecule has 0 unspecified atom stereocenters.